The fraction of sp³-hybridized carbons (Fsp3) is 0.333. The van der Waals surface area contributed by atoms with Gasteiger partial charge in [-0.15, -0.1) is 0 Å². The topological polar surface area (TPSA) is 66.6 Å². The Morgan fingerprint density at radius 3 is 2.64 bits per heavy atom. The van der Waals surface area contributed by atoms with E-state index in [9.17, 15) is 15.2 Å². The maximum Gasteiger partial charge on any atom is 0.310 e. The molecule has 0 aliphatic heterocycles. The van der Waals surface area contributed by atoms with Gasteiger partial charge in [0.05, 0.1) is 4.92 Å². The highest BCUT2D eigenvalue weighted by molar-refractivity contribution is 5.58. The minimum Gasteiger partial charge on any atom is -0.502 e. The molecule has 14 heavy (non-hydrogen) atoms. The van der Waals surface area contributed by atoms with E-state index in [-0.39, 0.29) is 11.4 Å². The molecular formula is C9H12N2O3. The Morgan fingerprint density at radius 2 is 2.21 bits per heavy atom. The average Bonchev–Trinajstić information content (AvgIpc) is 2.15. The van der Waals surface area contributed by atoms with Crippen LogP contribution in [-0.4, -0.2) is 23.6 Å². The van der Waals surface area contributed by atoms with Crippen LogP contribution in [0.3, 0.4) is 0 Å². The van der Waals surface area contributed by atoms with E-state index in [1.54, 1.807) is 6.07 Å². The summed E-state index contributed by atoms with van der Waals surface area (Å²) in [7, 11) is 1.85. The van der Waals surface area contributed by atoms with E-state index < -0.39 is 4.92 Å². The molecule has 0 bridgehead atoms. The number of anilines is 1. The molecule has 0 aliphatic carbocycles. The van der Waals surface area contributed by atoms with Crippen LogP contribution in [0.15, 0.2) is 18.2 Å². The molecule has 1 aromatic rings. The van der Waals surface area contributed by atoms with Crippen molar-refractivity contribution in [2.75, 3.05) is 18.5 Å². The third-order valence-electron chi connectivity index (χ3n) is 2.07. The van der Waals surface area contributed by atoms with Crippen molar-refractivity contribution >= 4 is 11.4 Å². The van der Waals surface area contributed by atoms with E-state index in [0.29, 0.717) is 0 Å². The summed E-state index contributed by atoms with van der Waals surface area (Å²) >= 11 is 0. The van der Waals surface area contributed by atoms with Gasteiger partial charge in [-0.05, 0) is 13.0 Å². The van der Waals surface area contributed by atoms with Gasteiger partial charge in [-0.1, -0.05) is 0 Å². The van der Waals surface area contributed by atoms with Crippen molar-refractivity contribution in [1.29, 1.82) is 0 Å². The number of phenolic OH excluding ortho intramolecular Hbond substituents is 1. The van der Waals surface area contributed by atoms with E-state index >= 15 is 0 Å². The number of phenols is 1. The summed E-state index contributed by atoms with van der Waals surface area (Å²) in [6.45, 7) is 2.73. The molecule has 0 amide bonds. The monoisotopic (exact) mass is 196 g/mol. The highest BCUT2D eigenvalue weighted by Gasteiger charge is 2.13. The van der Waals surface area contributed by atoms with Crippen LogP contribution < -0.4 is 4.90 Å². The zero-order chi connectivity index (χ0) is 10.7. The summed E-state index contributed by atoms with van der Waals surface area (Å²) in [4.78, 5) is 11.7. The van der Waals surface area contributed by atoms with Gasteiger partial charge in [0.2, 0.25) is 0 Å². The maximum atomic E-state index is 10.4. The normalized spacial score (nSPS) is 9.86. The quantitative estimate of drug-likeness (QED) is 0.590. The van der Waals surface area contributed by atoms with Gasteiger partial charge in [0, 0.05) is 31.4 Å². The second kappa shape index (κ2) is 3.95. The Hall–Kier alpha value is -1.78. The number of benzene rings is 1. The number of nitrogens with zero attached hydrogens (tertiary/aromatic N) is 2. The molecule has 76 valence electrons. The summed E-state index contributed by atoms with van der Waals surface area (Å²) in [5.41, 5.74) is 0.494. The van der Waals surface area contributed by atoms with Gasteiger partial charge >= 0.3 is 5.69 Å². The zero-order valence-corrected chi connectivity index (χ0v) is 8.10. The van der Waals surface area contributed by atoms with Crippen molar-refractivity contribution in [2.24, 2.45) is 0 Å². The molecule has 0 saturated carbocycles. The molecule has 0 radical (unpaired) electrons. The minimum absolute atomic E-state index is 0.266. The standard InChI is InChI=1S/C9H12N2O3/c1-3-10(2)7-4-5-8(11(13)14)9(12)6-7/h4-6,12H,3H2,1-2H3. The predicted molar refractivity (Wildman–Crippen MR) is 53.7 cm³/mol. The maximum absolute atomic E-state index is 10.4. The van der Waals surface area contributed by atoms with Crippen LogP contribution in [0.1, 0.15) is 6.92 Å². The molecule has 0 heterocycles. The smallest absolute Gasteiger partial charge is 0.310 e. The summed E-state index contributed by atoms with van der Waals surface area (Å²) in [6, 6.07) is 4.31. The summed E-state index contributed by atoms with van der Waals surface area (Å²) in [5.74, 6) is -0.298. The predicted octanol–water partition coefficient (Wildman–Crippen LogP) is 1.76. The fourth-order valence-corrected chi connectivity index (χ4v) is 1.09. The van der Waals surface area contributed by atoms with E-state index in [1.165, 1.54) is 12.1 Å². The molecule has 0 spiro atoms. The molecular weight excluding hydrogens is 184 g/mol. The van der Waals surface area contributed by atoms with Gasteiger partial charge in [0.15, 0.2) is 5.75 Å². The molecule has 1 N–H and O–H groups in total. The Bertz CT molecular complexity index is 352. The van der Waals surface area contributed by atoms with Crippen molar-refractivity contribution in [2.45, 2.75) is 6.92 Å². The number of hydrogen-bond donors (Lipinski definition) is 1. The van der Waals surface area contributed by atoms with Crippen LogP contribution in [0.5, 0.6) is 5.75 Å². The Labute approximate surface area is 81.7 Å². The molecule has 1 aromatic carbocycles. The summed E-state index contributed by atoms with van der Waals surface area (Å²) in [5, 5.41) is 19.7. The van der Waals surface area contributed by atoms with Crippen LogP contribution in [0, 0.1) is 10.1 Å². The van der Waals surface area contributed by atoms with Gasteiger partial charge in [-0.3, -0.25) is 10.1 Å². The Balaban J connectivity index is 3.06. The number of aromatic hydroxyl groups is 1. The highest BCUT2D eigenvalue weighted by atomic mass is 16.6. The van der Waals surface area contributed by atoms with E-state index in [1.807, 2.05) is 18.9 Å². The first-order chi connectivity index (χ1) is 6.56. The molecule has 0 aromatic heterocycles. The molecule has 5 nitrogen and oxygen atoms in total. The highest BCUT2D eigenvalue weighted by Crippen LogP contribution is 2.29. The largest absolute Gasteiger partial charge is 0.502 e. The van der Waals surface area contributed by atoms with Crippen molar-refractivity contribution in [1.82, 2.24) is 0 Å². The Morgan fingerprint density at radius 1 is 1.57 bits per heavy atom. The number of nitro benzene ring substituents is 1. The lowest BCUT2D eigenvalue weighted by Gasteiger charge is -2.16. The third-order valence-corrected chi connectivity index (χ3v) is 2.07. The van der Waals surface area contributed by atoms with Crippen LogP contribution in [0.4, 0.5) is 11.4 Å². The van der Waals surface area contributed by atoms with Gasteiger partial charge in [-0.2, -0.15) is 0 Å². The van der Waals surface area contributed by atoms with E-state index in [2.05, 4.69) is 0 Å². The molecule has 0 aliphatic rings. The first kappa shape index (κ1) is 10.3. The SMILES string of the molecule is CCN(C)c1ccc([N+](=O)[O-])c(O)c1. The van der Waals surface area contributed by atoms with Gasteiger partial charge in [0.25, 0.3) is 0 Å². The molecule has 0 atom stereocenters. The van der Waals surface area contributed by atoms with Crippen molar-refractivity contribution in [3.63, 3.8) is 0 Å². The van der Waals surface area contributed by atoms with Crippen LogP contribution in [-0.2, 0) is 0 Å². The number of hydrogen-bond acceptors (Lipinski definition) is 4. The lowest BCUT2D eigenvalue weighted by molar-refractivity contribution is -0.385. The van der Waals surface area contributed by atoms with Gasteiger partial charge in [0.1, 0.15) is 0 Å². The summed E-state index contributed by atoms with van der Waals surface area (Å²) in [6.07, 6.45) is 0. The number of rotatable bonds is 3. The lowest BCUT2D eigenvalue weighted by Crippen LogP contribution is -2.15. The van der Waals surface area contributed by atoms with Crippen LogP contribution in [0.2, 0.25) is 0 Å². The fourth-order valence-electron chi connectivity index (χ4n) is 1.09. The van der Waals surface area contributed by atoms with Crippen molar-refractivity contribution < 1.29 is 10.0 Å². The van der Waals surface area contributed by atoms with E-state index in [0.717, 1.165) is 12.2 Å². The van der Waals surface area contributed by atoms with Crippen LogP contribution in [0.25, 0.3) is 0 Å². The third kappa shape index (κ3) is 1.93. The minimum atomic E-state index is -0.606. The summed E-state index contributed by atoms with van der Waals surface area (Å²) < 4.78 is 0. The lowest BCUT2D eigenvalue weighted by atomic mass is 10.2. The molecule has 0 unspecified atom stereocenters. The second-order valence-corrected chi connectivity index (χ2v) is 2.94. The molecule has 1 rings (SSSR count). The first-order valence-electron chi connectivity index (χ1n) is 4.24. The van der Waals surface area contributed by atoms with Gasteiger partial charge < -0.3 is 10.0 Å². The molecule has 0 saturated heterocycles. The Kier molecular flexibility index (Phi) is 2.91. The van der Waals surface area contributed by atoms with Crippen LogP contribution >= 0.6 is 0 Å². The first-order valence-corrected chi connectivity index (χ1v) is 4.24. The molecule has 0 fully saturated rings. The van der Waals surface area contributed by atoms with Gasteiger partial charge in [-0.25, -0.2) is 0 Å². The average molecular weight is 196 g/mol. The van der Waals surface area contributed by atoms with Crippen molar-refractivity contribution in [3.05, 3.63) is 28.3 Å². The zero-order valence-electron chi connectivity index (χ0n) is 8.10. The molecule has 5 heteroatoms. The van der Waals surface area contributed by atoms with E-state index in [4.69, 9.17) is 0 Å². The second-order valence-electron chi connectivity index (χ2n) is 2.94. The van der Waals surface area contributed by atoms with Crippen molar-refractivity contribution in [3.8, 4) is 5.75 Å². The number of nitro groups is 1.